The second kappa shape index (κ2) is 9.47. The van der Waals surface area contributed by atoms with Crippen LogP contribution in [0.2, 0.25) is 0 Å². The van der Waals surface area contributed by atoms with E-state index in [1.165, 1.54) is 12.1 Å². The molecule has 5 nitrogen and oxygen atoms in total. The van der Waals surface area contributed by atoms with Crippen molar-refractivity contribution in [3.8, 4) is 0 Å². The summed E-state index contributed by atoms with van der Waals surface area (Å²) in [5.74, 6) is 0.538. The predicted molar refractivity (Wildman–Crippen MR) is 89.0 cm³/mol. The van der Waals surface area contributed by atoms with E-state index in [9.17, 15) is 4.39 Å². The van der Waals surface area contributed by atoms with Crippen LogP contribution in [-0.4, -0.2) is 57.4 Å². The SMILES string of the molecule is CN=C(NCCOCC1CCCO1)N(C)Cc1cccc(F)c1. The highest BCUT2D eigenvalue weighted by Gasteiger charge is 2.15. The summed E-state index contributed by atoms with van der Waals surface area (Å²) < 4.78 is 24.3. The zero-order valence-electron chi connectivity index (χ0n) is 13.9. The third-order valence-corrected chi connectivity index (χ3v) is 3.74. The number of benzene rings is 1. The Bertz CT molecular complexity index is 504. The van der Waals surface area contributed by atoms with Gasteiger partial charge in [0.25, 0.3) is 0 Å². The van der Waals surface area contributed by atoms with E-state index in [0.29, 0.717) is 26.3 Å². The van der Waals surface area contributed by atoms with E-state index >= 15 is 0 Å². The summed E-state index contributed by atoms with van der Waals surface area (Å²) in [6.45, 7) is 3.37. The van der Waals surface area contributed by atoms with Gasteiger partial charge in [-0.1, -0.05) is 12.1 Å². The van der Waals surface area contributed by atoms with Gasteiger partial charge in [-0.3, -0.25) is 4.99 Å². The molecule has 0 radical (unpaired) electrons. The molecule has 1 aromatic rings. The molecule has 0 bridgehead atoms. The summed E-state index contributed by atoms with van der Waals surface area (Å²) in [6.07, 6.45) is 2.47. The lowest BCUT2D eigenvalue weighted by atomic mass is 10.2. The average Bonchev–Trinajstić information content (AvgIpc) is 3.04. The lowest BCUT2D eigenvalue weighted by molar-refractivity contribution is 0.0190. The van der Waals surface area contributed by atoms with Crippen molar-refractivity contribution >= 4 is 5.96 Å². The average molecular weight is 323 g/mol. The first-order chi connectivity index (χ1) is 11.2. The van der Waals surface area contributed by atoms with Gasteiger partial charge < -0.3 is 19.7 Å². The Morgan fingerprint density at radius 1 is 1.52 bits per heavy atom. The number of hydrogen-bond donors (Lipinski definition) is 1. The smallest absolute Gasteiger partial charge is 0.193 e. The van der Waals surface area contributed by atoms with Crippen LogP contribution in [-0.2, 0) is 16.0 Å². The van der Waals surface area contributed by atoms with E-state index in [2.05, 4.69) is 10.3 Å². The molecule has 6 heteroatoms. The van der Waals surface area contributed by atoms with Crippen molar-refractivity contribution in [1.82, 2.24) is 10.2 Å². The normalized spacial score (nSPS) is 18.2. The minimum Gasteiger partial charge on any atom is -0.377 e. The maximum absolute atomic E-state index is 13.2. The second-order valence-corrected chi connectivity index (χ2v) is 5.67. The minimum absolute atomic E-state index is 0.221. The van der Waals surface area contributed by atoms with Crippen LogP contribution >= 0.6 is 0 Å². The van der Waals surface area contributed by atoms with Gasteiger partial charge in [-0.2, -0.15) is 0 Å². The third kappa shape index (κ3) is 6.15. The number of rotatable bonds is 7. The molecule has 0 spiro atoms. The Balaban J connectivity index is 1.67. The van der Waals surface area contributed by atoms with Gasteiger partial charge in [-0.15, -0.1) is 0 Å². The molecule has 1 N–H and O–H groups in total. The van der Waals surface area contributed by atoms with Crippen molar-refractivity contribution in [3.63, 3.8) is 0 Å². The lowest BCUT2D eigenvalue weighted by Gasteiger charge is -2.22. The number of halogens is 1. The molecule has 1 atom stereocenters. The minimum atomic E-state index is -0.221. The Morgan fingerprint density at radius 3 is 3.09 bits per heavy atom. The quantitative estimate of drug-likeness (QED) is 0.474. The Kier molecular flexibility index (Phi) is 7.29. The molecule has 0 aromatic heterocycles. The molecule has 0 aliphatic carbocycles. The highest BCUT2D eigenvalue weighted by molar-refractivity contribution is 5.79. The van der Waals surface area contributed by atoms with Gasteiger partial charge in [0.2, 0.25) is 0 Å². The molecule has 128 valence electrons. The zero-order valence-corrected chi connectivity index (χ0v) is 13.9. The van der Waals surface area contributed by atoms with E-state index < -0.39 is 0 Å². The van der Waals surface area contributed by atoms with Crippen molar-refractivity contribution in [3.05, 3.63) is 35.6 Å². The van der Waals surface area contributed by atoms with Crippen molar-refractivity contribution in [2.24, 2.45) is 4.99 Å². The van der Waals surface area contributed by atoms with Gasteiger partial charge in [0.05, 0.1) is 19.3 Å². The van der Waals surface area contributed by atoms with Crippen molar-refractivity contribution < 1.29 is 13.9 Å². The van der Waals surface area contributed by atoms with E-state index in [-0.39, 0.29) is 11.9 Å². The maximum Gasteiger partial charge on any atom is 0.193 e. The van der Waals surface area contributed by atoms with Gasteiger partial charge in [-0.25, -0.2) is 4.39 Å². The molecule has 1 fully saturated rings. The van der Waals surface area contributed by atoms with Crippen LogP contribution in [0.15, 0.2) is 29.3 Å². The van der Waals surface area contributed by atoms with E-state index in [0.717, 1.165) is 31.0 Å². The Hall–Kier alpha value is -1.66. The van der Waals surface area contributed by atoms with Crippen LogP contribution in [0.1, 0.15) is 18.4 Å². The molecule has 23 heavy (non-hydrogen) atoms. The van der Waals surface area contributed by atoms with Crippen LogP contribution in [0.25, 0.3) is 0 Å². The lowest BCUT2D eigenvalue weighted by Crippen LogP contribution is -2.40. The van der Waals surface area contributed by atoms with E-state index in [1.807, 2.05) is 18.0 Å². The number of hydrogen-bond acceptors (Lipinski definition) is 3. The molecule has 1 aliphatic rings. The Labute approximate surface area is 137 Å². The largest absolute Gasteiger partial charge is 0.377 e. The van der Waals surface area contributed by atoms with Crippen LogP contribution in [0.4, 0.5) is 4.39 Å². The molecular weight excluding hydrogens is 297 g/mol. The number of aliphatic imine (C=N–C) groups is 1. The molecule has 1 unspecified atom stereocenters. The third-order valence-electron chi connectivity index (χ3n) is 3.74. The van der Waals surface area contributed by atoms with Crippen molar-refractivity contribution in [2.45, 2.75) is 25.5 Å². The Morgan fingerprint density at radius 2 is 2.39 bits per heavy atom. The molecule has 0 saturated carbocycles. The predicted octanol–water partition coefficient (Wildman–Crippen LogP) is 2.03. The summed E-state index contributed by atoms with van der Waals surface area (Å²) in [5.41, 5.74) is 0.907. The fraction of sp³-hybridized carbons (Fsp3) is 0.588. The van der Waals surface area contributed by atoms with E-state index in [4.69, 9.17) is 9.47 Å². The summed E-state index contributed by atoms with van der Waals surface area (Å²) in [7, 11) is 3.66. The summed E-state index contributed by atoms with van der Waals surface area (Å²) in [5, 5.41) is 3.25. The van der Waals surface area contributed by atoms with Crippen molar-refractivity contribution in [2.75, 3.05) is 40.5 Å². The van der Waals surface area contributed by atoms with Crippen LogP contribution in [0.5, 0.6) is 0 Å². The zero-order chi connectivity index (χ0) is 16.5. The fourth-order valence-electron chi connectivity index (χ4n) is 2.59. The van der Waals surface area contributed by atoms with E-state index in [1.54, 1.807) is 13.1 Å². The molecular formula is C17H26FN3O2. The standard InChI is InChI=1S/C17H26FN3O2/c1-19-17(20-8-10-22-13-16-7-4-9-23-16)21(2)12-14-5-3-6-15(18)11-14/h3,5-6,11,16H,4,7-10,12-13H2,1-2H3,(H,19,20). The first kappa shape index (κ1) is 17.7. The molecule has 1 saturated heterocycles. The molecule has 2 rings (SSSR count). The summed E-state index contributed by atoms with van der Waals surface area (Å²) in [6, 6.07) is 6.60. The van der Waals surface area contributed by atoms with Gasteiger partial charge >= 0.3 is 0 Å². The first-order valence-corrected chi connectivity index (χ1v) is 8.04. The second-order valence-electron chi connectivity index (χ2n) is 5.67. The van der Waals surface area contributed by atoms with Gasteiger partial charge in [-0.05, 0) is 30.5 Å². The van der Waals surface area contributed by atoms with Gasteiger partial charge in [0.15, 0.2) is 5.96 Å². The van der Waals surface area contributed by atoms with Crippen molar-refractivity contribution in [1.29, 1.82) is 0 Å². The highest BCUT2D eigenvalue weighted by atomic mass is 19.1. The molecule has 0 amide bonds. The first-order valence-electron chi connectivity index (χ1n) is 8.04. The summed E-state index contributed by atoms with van der Waals surface area (Å²) >= 11 is 0. The number of guanidine groups is 1. The van der Waals surface area contributed by atoms with Gasteiger partial charge in [0.1, 0.15) is 5.82 Å². The number of nitrogens with zero attached hydrogens (tertiary/aromatic N) is 2. The fourth-order valence-corrected chi connectivity index (χ4v) is 2.59. The topological polar surface area (TPSA) is 46.1 Å². The maximum atomic E-state index is 13.2. The van der Waals surface area contributed by atoms with Crippen LogP contribution in [0.3, 0.4) is 0 Å². The molecule has 1 heterocycles. The summed E-state index contributed by atoms with van der Waals surface area (Å²) in [4.78, 5) is 6.19. The number of ether oxygens (including phenoxy) is 2. The van der Waals surface area contributed by atoms with Gasteiger partial charge in [0, 0.05) is 33.8 Å². The highest BCUT2D eigenvalue weighted by Crippen LogP contribution is 2.11. The number of nitrogens with one attached hydrogen (secondary N) is 1. The molecule has 1 aliphatic heterocycles. The van der Waals surface area contributed by atoms with Crippen LogP contribution < -0.4 is 5.32 Å². The monoisotopic (exact) mass is 323 g/mol. The van der Waals surface area contributed by atoms with Crippen LogP contribution in [0, 0.1) is 5.82 Å². The molecule has 1 aromatic carbocycles.